The number of para-hydroxylation sites is 1. The Balaban J connectivity index is 1.81. The number of rotatable bonds is 10. The maximum atomic E-state index is 10.7. The highest BCUT2D eigenvalue weighted by molar-refractivity contribution is 14.1. The topological polar surface area (TPSA) is 55.8 Å². The number of halogens is 1. The molecule has 0 bridgehead atoms. The van der Waals surface area contributed by atoms with Crippen LogP contribution in [0, 0.1) is 3.57 Å². The van der Waals surface area contributed by atoms with Gasteiger partial charge in [-0.15, -0.1) is 11.8 Å². The van der Waals surface area contributed by atoms with Crippen molar-refractivity contribution in [1.29, 1.82) is 0 Å². The summed E-state index contributed by atoms with van der Waals surface area (Å²) in [4.78, 5) is 11.8. The molecule has 1 N–H and O–H groups in total. The SMILES string of the molecule is CCOc1ccccc1/C(=C\CSc1ccc(OCC(=O)O)c(I)c1)c1ccccc1. The Bertz CT molecular complexity index is 1050. The van der Waals surface area contributed by atoms with Crippen LogP contribution in [0.4, 0.5) is 0 Å². The molecule has 3 aromatic rings. The number of aliphatic carboxylic acids is 1. The molecule has 0 aliphatic rings. The van der Waals surface area contributed by atoms with Crippen LogP contribution in [0.25, 0.3) is 5.57 Å². The lowest BCUT2D eigenvalue weighted by molar-refractivity contribution is -0.139. The van der Waals surface area contributed by atoms with E-state index in [1.165, 1.54) is 0 Å². The van der Waals surface area contributed by atoms with Crippen LogP contribution in [0.1, 0.15) is 18.1 Å². The minimum atomic E-state index is -0.986. The van der Waals surface area contributed by atoms with Crippen LogP contribution in [-0.2, 0) is 4.79 Å². The Hall–Kier alpha value is -2.45. The molecule has 0 aromatic heterocycles. The summed E-state index contributed by atoms with van der Waals surface area (Å²) in [5.74, 6) is 1.24. The second-order valence-corrected chi connectivity index (χ2v) is 8.75. The summed E-state index contributed by atoms with van der Waals surface area (Å²) in [5.41, 5.74) is 3.35. The number of carbonyl (C=O) groups is 1. The average molecular weight is 546 g/mol. The molecular weight excluding hydrogens is 523 g/mol. The molecular formula is C25H23IO4S. The van der Waals surface area contributed by atoms with Gasteiger partial charge in [-0.1, -0.05) is 54.6 Å². The molecule has 6 heteroatoms. The summed E-state index contributed by atoms with van der Waals surface area (Å²) in [5, 5.41) is 8.78. The van der Waals surface area contributed by atoms with Crippen molar-refractivity contribution in [3.8, 4) is 11.5 Å². The van der Waals surface area contributed by atoms with Crippen LogP contribution in [-0.4, -0.2) is 30.0 Å². The van der Waals surface area contributed by atoms with Crippen molar-refractivity contribution >= 4 is 45.9 Å². The molecule has 0 heterocycles. The first kappa shape index (κ1) is 23.2. The van der Waals surface area contributed by atoms with E-state index in [0.717, 1.165) is 36.7 Å². The fourth-order valence-corrected chi connectivity index (χ4v) is 4.71. The molecule has 0 amide bonds. The Morgan fingerprint density at radius 3 is 2.45 bits per heavy atom. The van der Waals surface area contributed by atoms with Gasteiger partial charge < -0.3 is 14.6 Å². The Kier molecular flexibility index (Phi) is 8.85. The van der Waals surface area contributed by atoms with Crippen molar-refractivity contribution in [1.82, 2.24) is 0 Å². The maximum Gasteiger partial charge on any atom is 0.341 e. The van der Waals surface area contributed by atoms with E-state index in [0.29, 0.717) is 12.4 Å². The molecule has 0 radical (unpaired) electrons. The van der Waals surface area contributed by atoms with Gasteiger partial charge in [0.15, 0.2) is 6.61 Å². The summed E-state index contributed by atoms with van der Waals surface area (Å²) in [6.07, 6.45) is 2.22. The minimum Gasteiger partial charge on any atom is -0.493 e. The van der Waals surface area contributed by atoms with Crippen LogP contribution in [0.2, 0.25) is 0 Å². The summed E-state index contributed by atoms with van der Waals surface area (Å²) < 4.78 is 12.1. The van der Waals surface area contributed by atoms with Gasteiger partial charge >= 0.3 is 5.97 Å². The molecule has 0 fully saturated rings. The fourth-order valence-electron chi connectivity index (χ4n) is 3.02. The molecule has 0 atom stereocenters. The lowest BCUT2D eigenvalue weighted by Gasteiger charge is -2.14. The highest BCUT2D eigenvalue weighted by Crippen LogP contribution is 2.33. The molecule has 0 aliphatic carbocycles. The van der Waals surface area contributed by atoms with Crippen molar-refractivity contribution in [3.63, 3.8) is 0 Å². The van der Waals surface area contributed by atoms with Crippen LogP contribution in [0.15, 0.2) is 83.8 Å². The van der Waals surface area contributed by atoms with E-state index < -0.39 is 5.97 Å². The molecule has 0 spiro atoms. The number of thioether (sulfide) groups is 1. The van der Waals surface area contributed by atoms with Crippen molar-refractivity contribution in [2.75, 3.05) is 19.0 Å². The third kappa shape index (κ3) is 6.77. The van der Waals surface area contributed by atoms with E-state index in [1.54, 1.807) is 11.8 Å². The quantitative estimate of drug-likeness (QED) is 0.236. The lowest BCUT2D eigenvalue weighted by Crippen LogP contribution is -2.10. The largest absolute Gasteiger partial charge is 0.493 e. The molecule has 0 unspecified atom stereocenters. The summed E-state index contributed by atoms with van der Waals surface area (Å²) in [7, 11) is 0. The molecule has 0 aliphatic heterocycles. The summed E-state index contributed by atoms with van der Waals surface area (Å²) in [6.45, 7) is 2.26. The van der Waals surface area contributed by atoms with Crippen LogP contribution in [0.5, 0.6) is 11.5 Å². The van der Waals surface area contributed by atoms with Gasteiger partial charge in [-0.05, 0) is 64.9 Å². The number of hydrogen-bond acceptors (Lipinski definition) is 4. The van der Waals surface area contributed by atoms with Gasteiger partial charge in [0.05, 0.1) is 10.2 Å². The first-order chi connectivity index (χ1) is 15.1. The highest BCUT2D eigenvalue weighted by Gasteiger charge is 2.11. The fraction of sp³-hybridized carbons (Fsp3) is 0.160. The second-order valence-electron chi connectivity index (χ2n) is 6.50. The first-order valence-corrected chi connectivity index (χ1v) is 11.9. The van der Waals surface area contributed by atoms with E-state index in [1.807, 2.05) is 61.5 Å². The van der Waals surface area contributed by atoms with E-state index in [2.05, 4.69) is 46.9 Å². The van der Waals surface area contributed by atoms with Crippen molar-refractivity contribution < 1.29 is 19.4 Å². The third-order valence-electron chi connectivity index (χ3n) is 4.35. The number of carboxylic acid groups (broad SMARTS) is 1. The standard InChI is InChI=1S/C25H23IO4S/c1-2-29-23-11-7-6-10-21(23)20(18-8-4-3-5-9-18)14-15-31-19-12-13-24(22(26)16-19)30-17-25(27)28/h3-14,16H,2,15,17H2,1H3,(H,27,28)/b20-14-. The number of hydrogen-bond donors (Lipinski definition) is 1. The zero-order chi connectivity index (χ0) is 22.1. The van der Waals surface area contributed by atoms with Gasteiger partial charge in [0, 0.05) is 16.2 Å². The molecule has 0 saturated carbocycles. The Morgan fingerprint density at radius 1 is 1.00 bits per heavy atom. The van der Waals surface area contributed by atoms with Crippen LogP contribution < -0.4 is 9.47 Å². The molecule has 3 rings (SSSR count). The molecule has 4 nitrogen and oxygen atoms in total. The number of carboxylic acids is 1. The van der Waals surface area contributed by atoms with E-state index in [-0.39, 0.29) is 6.61 Å². The average Bonchev–Trinajstić information content (AvgIpc) is 2.77. The lowest BCUT2D eigenvalue weighted by atomic mass is 9.97. The monoisotopic (exact) mass is 546 g/mol. The number of ether oxygens (including phenoxy) is 2. The minimum absolute atomic E-state index is 0.342. The molecule has 0 saturated heterocycles. The zero-order valence-corrected chi connectivity index (χ0v) is 20.1. The van der Waals surface area contributed by atoms with E-state index >= 15 is 0 Å². The smallest absolute Gasteiger partial charge is 0.341 e. The van der Waals surface area contributed by atoms with Crippen molar-refractivity contribution in [2.45, 2.75) is 11.8 Å². The van der Waals surface area contributed by atoms with Crippen molar-refractivity contribution in [3.05, 3.63) is 93.6 Å². The molecule has 160 valence electrons. The predicted octanol–water partition coefficient (Wildman–Crippen LogP) is 6.38. The zero-order valence-electron chi connectivity index (χ0n) is 17.1. The first-order valence-electron chi connectivity index (χ1n) is 9.83. The summed E-state index contributed by atoms with van der Waals surface area (Å²) in [6, 6.07) is 24.2. The van der Waals surface area contributed by atoms with Gasteiger partial charge in [0.25, 0.3) is 0 Å². The maximum absolute atomic E-state index is 10.7. The van der Waals surface area contributed by atoms with E-state index in [4.69, 9.17) is 14.6 Å². The van der Waals surface area contributed by atoms with Gasteiger partial charge in [-0.25, -0.2) is 4.79 Å². The second kappa shape index (κ2) is 11.8. The van der Waals surface area contributed by atoms with Crippen LogP contribution >= 0.6 is 34.4 Å². The van der Waals surface area contributed by atoms with Gasteiger partial charge in [-0.2, -0.15) is 0 Å². The molecule has 3 aromatic carbocycles. The molecule has 31 heavy (non-hydrogen) atoms. The van der Waals surface area contributed by atoms with Gasteiger partial charge in [0.2, 0.25) is 0 Å². The van der Waals surface area contributed by atoms with Gasteiger partial charge in [0.1, 0.15) is 11.5 Å². The van der Waals surface area contributed by atoms with E-state index in [9.17, 15) is 4.79 Å². The highest BCUT2D eigenvalue weighted by atomic mass is 127. The number of benzene rings is 3. The normalized spacial score (nSPS) is 11.2. The summed E-state index contributed by atoms with van der Waals surface area (Å²) >= 11 is 3.88. The van der Waals surface area contributed by atoms with Gasteiger partial charge in [-0.3, -0.25) is 0 Å². The Morgan fingerprint density at radius 2 is 1.74 bits per heavy atom. The van der Waals surface area contributed by atoms with Crippen molar-refractivity contribution in [2.24, 2.45) is 0 Å². The Labute approximate surface area is 200 Å². The third-order valence-corrected chi connectivity index (χ3v) is 6.12. The predicted molar refractivity (Wildman–Crippen MR) is 134 cm³/mol. The van der Waals surface area contributed by atoms with Crippen LogP contribution in [0.3, 0.4) is 0 Å².